The molecule has 1 aromatic carbocycles. The minimum absolute atomic E-state index is 0.110. The molecular formula is C23H24F2N4O3. The van der Waals surface area contributed by atoms with Gasteiger partial charge in [-0.15, -0.1) is 0 Å². The number of benzene rings is 1. The zero-order chi connectivity index (χ0) is 23.3. The van der Waals surface area contributed by atoms with Gasteiger partial charge in [-0.2, -0.15) is 5.26 Å². The highest BCUT2D eigenvalue weighted by atomic mass is 19.1. The van der Waals surface area contributed by atoms with E-state index in [1.54, 1.807) is 6.92 Å². The van der Waals surface area contributed by atoms with Gasteiger partial charge >= 0.3 is 0 Å². The minimum Gasteiger partial charge on any atom is -0.485 e. The summed E-state index contributed by atoms with van der Waals surface area (Å²) in [5.74, 6) is -1.84. The van der Waals surface area contributed by atoms with Crippen LogP contribution in [0.4, 0.5) is 8.78 Å². The van der Waals surface area contributed by atoms with Crippen molar-refractivity contribution in [2.45, 2.75) is 45.8 Å². The molecule has 3 aromatic rings. The van der Waals surface area contributed by atoms with E-state index in [-0.39, 0.29) is 34.8 Å². The Hall–Kier alpha value is -3.51. The first-order chi connectivity index (χ1) is 15.4. The molecule has 0 aliphatic carbocycles. The van der Waals surface area contributed by atoms with E-state index in [0.717, 1.165) is 25.0 Å². The van der Waals surface area contributed by atoms with Crippen LogP contribution in [-0.2, 0) is 6.61 Å². The molecule has 32 heavy (non-hydrogen) atoms. The van der Waals surface area contributed by atoms with Crippen molar-refractivity contribution in [2.24, 2.45) is 0 Å². The summed E-state index contributed by atoms with van der Waals surface area (Å²) in [6.07, 6.45) is 3.85. The molecule has 0 aliphatic rings. The van der Waals surface area contributed by atoms with Gasteiger partial charge in [0.2, 0.25) is 0 Å². The summed E-state index contributed by atoms with van der Waals surface area (Å²) in [4.78, 5) is 17.3. The summed E-state index contributed by atoms with van der Waals surface area (Å²) >= 11 is 0. The number of aliphatic hydroxyl groups excluding tert-OH is 1. The van der Waals surface area contributed by atoms with Crippen molar-refractivity contribution in [2.75, 3.05) is 6.61 Å². The Balaban J connectivity index is 1.96. The van der Waals surface area contributed by atoms with E-state index in [1.807, 2.05) is 13.0 Å². The normalized spacial score (nSPS) is 11.9. The van der Waals surface area contributed by atoms with E-state index in [9.17, 15) is 23.9 Å². The third-order valence-electron chi connectivity index (χ3n) is 5.10. The van der Waals surface area contributed by atoms with E-state index < -0.39 is 30.2 Å². The number of nitrogens with zero attached hydrogens (tertiary/aromatic N) is 3. The Morgan fingerprint density at radius 2 is 2.09 bits per heavy atom. The van der Waals surface area contributed by atoms with Crippen LogP contribution in [0.1, 0.15) is 53.5 Å². The topological polar surface area (TPSA) is 99.7 Å². The van der Waals surface area contributed by atoms with Crippen LogP contribution in [0, 0.1) is 29.9 Å². The number of aliphatic hydroxyl groups is 1. The van der Waals surface area contributed by atoms with Crippen LogP contribution in [0.5, 0.6) is 5.75 Å². The van der Waals surface area contributed by atoms with Gasteiger partial charge in [0, 0.05) is 12.3 Å². The fourth-order valence-electron chi connectivity index (χ4n) is 3.40. The number of nitriles is 1. The van der Waals surface area contributed by atoms with Crippen molar-refractivity contribution in [3.63, 3.8) is 0 Å². The predicted octanol–water partition coefficient (Wildman–Crippen LogP) is 3.65. The number of aryl methyl sites for hydroxylation is 1. The first-order valence-electron chi connectivity index (χ1n) is 10.3. The maximum Gasteiger partial charge on any atom is 0.270 e. The number of unbranched alkanes of at least 4 members (excludes halogenated alkanes) is 1. The smallest absolute Gasteiger partial charge is 0.270 e. The summed E-state index contributed by atoms with van der Waals surface area (Å²) in [5, 5.41) is 21.8. The molecule has 2 heterocycles. The number of rotatable bonds is 9. The number of pyridine rings is 1. The van der Waals surface area contributed by atoms with Gasteiger partial charge in [0.1, 0.15) is 30.0 Å². The molecule has 9 heteroatoms. The molecule has 0 aliphatic heterocycles. The van der Waals surface area contributed by atoms with Gasteiger partial charge in [-0.25, -0.2) is 13.8 Å². The summed E-state index contributed by atoms with van der Waals surface area (Å²) < 4.78 is 35.0. The predicted molar refractivity (Wildman–Crippen MR) is 113 cm³/mol. The van der Waals surface area contributed by atoms with E-state index in [1.165, 1.54) is 22.7 Å². The zero-order valence-electron chi connectivity index (χ0n) is 17.9. The lowest BCUT2D eigenvalue weighted by molar-refractivity contribution is 0.0905. The van der Waals surface area contributed by atoms with E-state index in [0.29, 0.717) is 12.1 Å². The standard InChI is InChI=1S/C23H24F2N4O3/c1-3-4-6-16(12-30)28-23(31)21-14(2)27-22-20(9-15(10-26)11-29(21)22)32-13-17-18(24)7-5-8-19(17)25/h5,7-9,11,16,30H,3-4,6,12-13H2,1-2H3,(H,28,31)/t16-/m1/s1. The number of aromatic nitrogens is 2. The van der Waals surface area contributed by atoms with Crippen molar-refractivity contribution in [3.8, 4) is 11.8 Å². The van der Waals surface area contributed by atoms with Crippen LogP contribution in [0.2, 0.25) is 0 Å². The molecule has 0 fully saturated rings. The largest absolute Gasteiger partial charge is 0.485 e. The van der Waals surface area contributed by atoms with Gasteiger partial charge in [0.05, 0.1) is 29.5 Å². The second-order valence-electron chi connectivity index (χ2n) is 7.43. The molecule has 0 radical (unpaired) electrons. The number of amides is 1. The second kappa shape index (κ2) is 10.2. The number of ether oxygens (including phenoxy) is 1. The molecule has 2 N–H and O–H groups in total. The summed E-state index contributed by atoms with van der Waals surface area (Å²) in [5.41, 5.74) is 0.729. The lowest BCUT2D eigenvalue weighted by Gasteiger charge is -2.16. The molecule has 0 saturated carbocycles. The fourth-order valence-corrected chi connectivity index (χ4v) is 3.40. The molecular weight excluding hydrogens is 418 g/mol. The molecule has 7 nitrogen and oxygen atoms in total. The van der Waals surface area contributed by atoms with Crippen molar-refractivity contribution in [1.82, 2.24) is 14.7 Å². The average Bonchev–Trinajstić information content (AvgIpc) is 3.11. The number of nitrogens with one attached hydrogen (secondary N) is 1. The third kappa shape index (κ3) is 4.86. The summed E-state index contributed by atoms with van der Waals surface area (Å²) in [6, 6.07) is 6.49. The summed E-state index contributed by atoms with van der Waals surface area (Å²) in [6.45, 7) is 3.03. The van der Waals surface area contributed by atoms with Gasteiger partial charge in [-0.3, -0.25) is 9.20 Å². The number of carbonyl (C=O) groups is 1. The number of imidazole rings is 1. The summed E-state index contributed by atoms with van der Waals surface area (Å²) in [7, 11) is 0. The number of fused-ring (bicyclic) bond motifs is 1. The molecule has 0 spiro atoms. The van der Waals surface area contributed by atoms with Gasteiger partial charge in [0.15, 0.2) is 11.4 Å². The maximum atomic E-state index is 14.0. The van der Waals surface area contributed by atoms with E-state index in [4.69, 9.17) is 4.74 Å². The van der Waals surface area contributed by atoms with E-state index >= 15 is 0 Å². The van der Waals surface area contributed by atoms with Crippen LogP contribution >= 0.6 is 0 Å². The lowest BCUT2D eigenvalue weighted by Crippen LogP contribution is -2.38. The Morgan fingerprint density at radius 3 is 2.72 bits per heavy atom. The molecule has 1 atom stereocenters. The van der Waals surface area contributed by atoms with Crippen LogP contribution in [-0.4, -0.2) is 33.0 Å². The first kappa shape index (κ1) is 23.2. The monoisotopic (exact) mass is 442 g/mol. The lowest BCUT2D eigenvalue weighted by atomic mass is 10.1. The second-order valence-corrected chi connectivity index (χ2v) is 7.43. The van der Waals surface area contributed by atoms with Crippen molar-refractivity contribution in [3.05, 3.63) is 64.6 Å². The molecule has 168 valence electrons. The quantitative estimate of drug-likeness (QED) is 0.527. The molecule has 0 bridgehead atoms. The number of hydrogen-bond acceptors (Lipinski definition) is 5. The number of carbonyl (C=O) groups excluding carboxylic acids is 1. The average molecular weight is 442 g/mol. The van der Waals surface area contributed by atoms with Gasteiger partial charge in [-0.1, -0.05) is 25.8 Å². The Labute approximate surface area is 184 Å². The number of hydrogen-bond donors (Lipinski definition) is 2. The Bertz CT molecular complexity index is 1150. The van der Waals surface area contributed by atoms with Gasteiger partial charge in [-0.05, 0) is 25.5 Å². The SMILES string of the molecule is CCCC[C@H](CO)NC(=O)c1c(C)nc2c(OCc3c(F)cccc3F)cc(C#N)cn12. The first-order valence-corrected chi connectivity index (χ1v) is 10.3. The highest BCUT2D eigenvalue weighted by Crippen LogP contribution is 2.26. The maximum absolute atomic E-state index is 14.0. The van der Waals surface area contributed by atoms with Crippen molar-refractivity contribution in [1.29, 1.82) is 5.26 Å². The van der Waals surface area contributed by atoms with Crippen LogP contribution < -0.4 is 10.1 Å². The fraction of sp³-hybridized carbons (Fsp3) is 0.348. The van der Waals surface area contributed by atoms with E-state index in [2.05, 4.69) is 10.3 Å². The Kier molecular flexibility index (Phi) is 7.38. The molecule has 0 saturated heterocycles. The van der Waals surface area contributed by atoms with Crippen LogP contribution in [0.25, 0.3) is 5.65 Å². The minimum atomic E-state index is -0.751. The van der Waals surface area contributed by atoms with Crippen LogP contribution in [0.3, 0.4) is 0 Å². The highest BCUT2D eigenvalue weighted by molar-refractivity contribution is 5.95. The van der Waals surface area contributed by atoms with Gasteiger partial charge < -0.3 is 15.2 Å². The van der Waals surface area contributed by atoms with Crippen molar-refractivity contribution < 1.29 is 23.4 Å². The third-order valence-corrected chi connectivity index (χ3v) is 5.10. The molecule has 2 aromatic heterocycles. The highest BCUT2D eigenvalue weighted by Gasteiger charge is 2.22. The Morgan fingerprint density at radius 1 is 1.38 bits per heavy atom. The zero-order valence-corrected chi connectivity index (χ0v) is 17.9. The molecule has 3 rings (SSSR count). The molecule has 0 unspecified atom stereocenters. The van der Waals surface area contributed by atoms with Crippen LogP contribution in [0.15, 0.2) is 30.5 Å². The number of halogens is 2. The molecule has 1 amide bonds. The van der Waals surface area contributed by atoms with Gasteiger partial charge in [0.25, 0.3) is 5.91 Å². The van der Waals surface area contributed by atoms with Crippen molar-refractivity contribution >= 4 is 11.6 Å².